The molecule has 0 spiro atoms. The third kappa shape index (κ3) is 6.51. The number of carbonyl (C=O) groups is 2. The number of hydrogen-bond donors (Lipinski definition) is 3. The van der Waals surface area contributed by atoms with Crippen molar-refractivity contribution in [3.05, 3.63) is 47.0 Å². The fraction of sp³-hybridized carbons (Fsp3) is 0.500. The highest BCUT2D eigenvalue weighted by molar-refractivity contribution is 5.69. The molecule has 0 saturated heterocycles. The Kier molecular flexibility index (Phi) is 7.98. The van der Waals surface area contributed by atoms with Crippen molar-refractivity contribution >= 4 is 12.1 Å². The van der Waals surface area contributed by atoms with Crippen LogP contribution in [0.3, 0.4) is 0 Å². The van der Waals surface area contributed by atoms with E-state index < -0.39 is 6.09 Å². The molecule has 27 heavy (non-hydrogen) atoms. The molecule has 2 rings (SSSR count). The number of aromatic amines is 2. The zero-order valence-corrected chi connectivity index (χ0v) is 16.3. The highest BCUT2D eigenvalue weighted by Crippen LogP contribution is 2.25. The highest BCUT2D eigenvalue weighted by atomic mass is 16.6. The van der Waals surface area contributed by atoms with Crippen LogP contribution in [0.1, 0.15) is 54.3 Å². The maximum absolute atomic E-state index is 12.2. The summed E-state index contributed by atoms with van der Waals surface area (Å²) >= 11 is 0. The molecule has 2 heterocycles. The number of ether oxygens (including phenoxy) is 2. The van der Waals surface area contributed by atoms with E-state index in [0.29, 0.717) is 19.4 Å². The van der Waals surface area contributed by atoms with E-state index in [4.69, 9.17) is 4.74 Å². The largest absolute Gasteiger partial charge is 0.469 e. The van der Waals surface area contributed by atoms with Crippen molar-refractivity contribution in [2.45, 2.75) is 52.1 Å². The Hall–Kier alpha value is -2.70. The summed E-state index contributed by atoms with van der Waals surface area (Å²) in [5, 5.41) is 2.79. The van der Waals surface area contributed by atoms with Crippen LogP contribution in [0, 0.1) is 13.8 Å². The fourth-order valence-electron chi connectivity index (χ4n) is 2.95. The maximum atomic E-state index is 12.2. The summed E-state index contributed by atoms with van der Waals surface area (Å²) in [6.07, 6.45) is 6.31. The summed E-state index contributed by atoms with van der Waals surface area (Å²) in [6, 6.07) is 3.97. The van der Waals surface area contributed by atoms with E-state index in [2.05, 4.69) is 20.0 Å². The number of rotatable bonds is 10. The second-order valence-electron chi connectivity index (χ2n) is 6.61. The minimum atomic E-state index is -0.435. The number of unbranched alkanes of at least 4 members (excludes halogenated alkanes) is 2. The van der Waals surface area contributed by atoms with Crippen LogP contribution in [0.5, 0.6) is 0 Å². The molecule has 2 aromatic rings. The molecule has 2 aromatic heterocycles. The van der Waals surface area contributed by atoms with Crippen molar-refractivity contribution in [2.75, 3.05) is 13.7 Å². The number of nitrogens with one attached hydrogen (secondary N) is 3. The third-order valence-electron chi connectivity index (χ3n) is 4.59. The highest BCUT2D eigenvalue weighted by Gasteiger charge is 2.21. The lowest BCUT2D eigenvalue weighted by atomic mass is 10.0. The first kappa shape index (κ1) is 20.6. The molecule has 0 radical (unpaired) electrons. The molecule has 0 aromatic carbocycles. The van der Waals surface area contributed by atoms with Gasteiger partial charge in [0.1, 0.15) is 6.10 Å². The van der Waals surface area contributed by atoms with Gasteiger partial charge in [0.15, 0.2) is 0 Å². The molecule has 0 fully saturated rings. The Morgan fingerprint density at radius 3 is 2.52 bits per heavy atom. The molecule has 0 saturated carbocycles. The van der Waals surface area contributed by atoms with Crippen LogP contribution in [0.4, 0.5) is 4.79 Å². The number of aromatic nitrogens is 2. The molecule has 1 amide bonds. The van der Waals surface area contributed by atoms with Gasteiger partial charge in [0.05, 0.1) is 12.8 Å². The molecule has 7 heteroatoms. The lowest BCUT2D eigenvalue weighted by Crippen LogP contribution is -2.28. The predicted octanol–water partition coefficient (Wildman–Crippen LogP) is 3.70. The molecular formula is C20H29N3O4. The normalized spacial score (nSPS) is 11.8. The summed E-state index contributed by atoms with van der Waals surface area (Å²) in [5.41, 5.74) is 4.15. The van der Waals surface area contributed by atoms with Gasteiger partial charge in [-0.15, -0.1) is 0 Å². The van der Waals surface area contributed by atoms with E-state index in [1.165, 1.54) is 7.11 Å². The summed E-state index contributed by atoms with van der Waals surface area (Å²) in [7, 11) is 1.39. The van der Waals surface area contributed by atoms with Crippen molar-refractivity contribution in [2.24, 2.45) is 0 Å². The molecule has 0 aliphatic heterocycles. The SMILES string of the molecule is COC(=O)CCCCCNC(=O)OC(Cc1cc[nH]c1C)c1[nH]ccc1C. The molecule has 148 valence electrons. The Balaban J connectivity index is 1.82. The first-order chi connectivity index (χ1) is 13.0. The van der Waals surface area contributed by atoms with Gasteiger partial charge in [0.25, 0.3) is 0 Å². The molecule has 1 atom stereocenters. The van der Waals surface area contributed by atoms with Crippen LogP contribution in [0.25, 0.3) is 0 Å². The van der Waals surface area contributed by atoms with Gasteiger partial charge < -0.3 is 24.8 Å². The molecular weight excluding hydrogens is 346 g/mol. The van der Waals surface area contributed by atoms with Gasteiger partial charge in [-0.25, -0.2) is 4.79 Å². The van der Waals surface area contributed by atoms with Crippen molar-refractivity contribution in [3.8, 4) is 0 Å². The minimum absolute atomic E-state index is 0.202. The van der Waals surface area contributed by atoms with Crippen molar-refractivity contribution in [1.82, 2.24) is 15.3 Å². The van der Waals surface area contributed by atoms with Gasteiger partial charge in [0, 0.05) is 37.5 Å². The van der Waals surface area contributed by atoms with E-state index >= 15 is 0 Å². The van der Waals surface area contributed by atoms with Crippen LogP contribution in [0.2, 0.25) is 0 Å². The van der Waals surface area contributed by atoms with E-state index in [9.17, 15) is 9.59 Å². The standard InChI is InChI=1S/C20H29N3O4/c1-14-8-11-22-19(14)17(13-16-9-12-21-15(16)2)27-20(25)23-10-6-4-5-7-18(24)26-3/h8-9,11-12,17,21-22H,4-7,10,13H2,1-3H3,(H,23,25). The maximum Gasteiger partial charge on any atom is 0.407 e. The van der Waals surface area contributed by atoms with Crippen LogP contribution < -0.4 is 5.32 Å². The minimum Gasteiger partial charge on any atom is -0.469 e. The van der Waals surface area contributed by atoms with Gasteiger partial charge in [-0.2, -0.15) is 0 Å². The number of alkyl carbamates (subject to hydrolysis) is 1. The number of aryl methyl sites for hydroxylation is 2. The quantitative estimate of drug-likeness (QED) is 0.436. The van der Waals surface area contributed by atoms with E-state index in [1.54, 1.807) is 0 Å². The van der Waals surface area contributed by atoms with Crippen LogP contribution in [-0.2, 0) is 20.7 Å². The number of methoxy groups -OCH3 is 1. The summed E-state index contributed by atoms with van der Waals surface area (Å²) in [6.45, 7) is 4.51. The zero-order valence-electron chi connectivity index (χ0n) is 16.3. The van der Waals surface area contributed by atoms with Gasteiger partial charge >= 0.3 is 12.1 Å². The monoisotopic (exact) mass is 375 g/mol. The zero-order chi connectivity index (χ0) is 19.6. The Labute approximate surface area is 159 Å². The summed E-state index contributed by atoms with van der Waals surface area (Å²) in [5.74, 6) is -0.202. The van der Waals surface area contributed by atoms with Gasteiger partial charge in [-0.1, -0.05) is 6.42 Å². The Morgan fingerprint density at radius 2 is 1.89 bits per heavy atom. The molecule has 0 aliphatic carbocycles. The van der Waals surface area contributed by atoms with E-state index in [-0.39, 0.29) is 12.1 Å². The molecule has 0 aliphatic rings. The number of carbonyl (C=O) groups excluding carboxylic acids is 2. The lowest BCUT2D eigenvalue weighted by molar-refractivity contribution is -0.140. The number of amides is 1. The Morgan fingerprint density at radius 1 is 1.11 bits per heavy atom. The number of esters is 1. The van der Waals surface area contributed by atoms with Crippen molar-refractivity contribution < 1.29 is 19.1 Å². The van der Waals surface area contributed by atoms with Gasteiger partial charge in [-0.05, 0) is 49.9 Å². The van der Waals surface area contributed by atoms with Crippen LogP contribution in [-0.4, -0.2) is 35.7 Å². The predicted molar refractivity (Wildman–Crippen MR) is 102 cm³/mol. The first-order valence-electron chi connectivity index (χ1n) is 9.29. The van der Waals surface area contributed by atoms with Crippen LogP contribution >= 0.6 is 0 Å². The lowest BCUT2D eigenvalue weighted by Gasteiger charge is -2.18. The summed E-state index contributed by atoms with van der Waals surface area (Å²) < 4.78 is 10.3. The number of hydrogen-bond acceptors (Lipinski definition) is 4. The topological polar surface area (TPSA) is 96.2 Å². The average Bonchev–Trinajstić information content (AvgIpc) is 3.25. The van der Waals surface area contributed by atoms with Crippen LogP contribution in [0.15, 0.2) is 24.5 Å². The second-order valence-corrected chi connectivity index (χ2v) is 6.61. The van der Waals surface area contributed by atoms with Crippen molar-refractivity contribution in [3.63, 3.8) is 0 Å². The molecule has 1 unspecified atom stereocenters. The smallest absolute Gasteiger partial charge is 0.407 e. The fourth-order valence-corrected chi connectivity index (χ4v) is 2.95. The molecule has 3 N–H and O–H groups in total. The summed E-state index contributed by atoms with van der Waals surface area (Å²) in [4.78, 5) is 29.6. The molecule has 7 nitrogen and oxygen atoms in total. The Bertz CT molecular complexity index is 735. The van der Waals surface area contributed by atoms with Gasteiger partial charge in [0.2, 0.25) is 0 Å². The van der Waals surface area contributed by atoms with E-state index in [1.807, 2.05) is 38.4 Å². The third-order valence-corrected chi connectivity index (χ3v) is 4.59. The number of H-pyrrole nitrogens is 2. The molecule has 0 bridgehead atoms. The van der Waals surface area contributed by atoms with Crippen molar-refractivity contribution in [1.29, 1.82) is 0 Å². The average molecular weight is 375 g/mol. The van der Waals surface area contributed by atoms with Gasteiger partial charge in [-0.3, -0.25) is 4.79 Å². The first-order valence-corrected chi connectivity index (χ1v) is 9.29. The van der Waals surface area contributed by atoms with E-state index in [0.717, 1.165) is 41.8 Å². The second kappa shape index (κ2) is 10.4.